The van der Waals surface area contributed by atoms with Gasteiger partial charge in [0.15, 0.2) is 0 Å². The van der Waals surface area contributed by atoms with Crippen LogP contribution in [-0.2, 0) is 60.4 Å². The van der Waals surface area contributed by atoms with E-state index in [0.29, 0.717) is 6.42 Å². The number of esters is 1. The Kier molecular flexibility index (Phi) is 19.8. The van der Waals surface area contributed by atoms with Crippen LogP contribution in [-0.4, -0.2) is 171 Å². The highest BCUT2D eigenvalue weighted by Gasteiger charge is 2.44. The second-order valence-electron chi connectivity index (χ2n) is 12.4. The van der Waals surface area contributed by atoms with Crippen LogP contribution < -0.4 is 5.32 Å². The standard InChI is InChI=1S/C29H44B6N3O13P2/c1-38-28(39)7-8-29(40)49-19-13-25(30)46-23(19)17-44-52(3,42-11-5-9-36)50-20-14-26(34-31)47-24(20)18-45-53(4,43-12-6-10-37)51-21-15-27(35(32)33)48-22(21)16-41-2/h19-27H,3-8,11-18H2,1-2H3,(H,38,39)/t19?,20?,21?,22-,23-,24-,25-,26-,27-,52?,53?/m1/s1. The van der Waals surface area contributed by atoms with Crippen LogP contribution in [0.4, 0.5) is 0 Å². The smallest absolute Gasteiger partial charge is 0.306 e. The van der Waals surface area contributed by atoms with Gasteiger partial charge >= 0.3 is 5.97 Å². The number of amides is 1. The van der Waals surface area contributed by atoms with Gasteiger partial charge in [0, 0.05) is 68.2 Å². The van der Waals surface area contributed by atoms with Crippen molar-refractivity contribution in [1.82, 2.24) is 5.32 Å². The molecule has 0 spiro atoms. The maximum absolute atomic E-state index is 12.4. The minimum Gasteiger partial charge on any atom is -0.459 e. The first kappa shape index (κ1) is 45.9. The SMILES string of the molecule is [B][B][C@H]1CC(OP(=C)(OCCC#N)OC[C@H]2O[C@@H]([B])CC2OC(=O)CCC(=O)NC)[C@@H](COP(=C)(OCCC#N)OC2C[C@H](B([B])[B])O[C@@H]2COC)O1. The van der Waals surface area contributed by atoms with Crippen LogP contribution in [0.25, 0.3) is 0 Å². The first-order chi connectivity index (χ1) is 25.3. The van der Waals surface area contributed by atoms with Gasteiger partial charge in [-0.05, 0) is 25.4 Å². The monoisotopic (exact) mass is 770 g/mol. The summed E-state index contributed by atoms with van der Waals surface area (Å²) in [7, 11) is 21.1. The second-order valence-corrected chi connectivity index (χ2v) is 16.3. The Balaban J connectivity index is 1.73. The number of nitriles is 2. The third-order valence-corrected chi connectivity index (χ3v) is 11.7. The van der Waals surface area contributed by atoms with Crippen LogP contribution in [0.2, 0.25) is 0 Å². The van der Waals surface area contributed by atoms with Crippen molar-refractivity contribution in [2.45, 2.75) is 99.6 Å². The zero-order valence-electron chi connectivity index (χ0n) is 30.2. The van der Waals surface area contributed by atoms with Crippen LogP contribution in [0.3, 0.4) is 0 Å². The summed E-state index contributed by atoms with van der Waals surface area (Å²) in [6, 6.07) is 2.20. The van der Waals surface area contributed by atoms with Gasteiger partial charge in [-0.3, -0.25) is 9.59 Å². The summed E-state index contributed by atoms with van der Waals surface area (Å²) in [5.74, 6) is -0.906. The van der Waals surface area contributed by atoms with E-state index in [1.807, 2.05) is 12.1 Å². The summed E-state index contributed by atoms with van der Waals surface area (Å²) >= 11 is 0. The van der Waals surface area contributed by atoms with Gasteiger partial charge in [0.2, 0.25) is 5.91 Å². The number of hydrogen-bond acceptors (Lipinski definition) is 15. The maximum Gasteiger partial charge on any atom is 0.306 e. The summed E-state index contributed by atoms with van der Waals surface area (Å²) in [4.78, 5) is 24.0. The Labute approximate surface area is 318 Å². The number of nitrogens with zero attached hydrogens (tertiary/aromatic N) is 2. The zero-order chi connectivity index (χ0) is 39.0. The van der Waals surface area contributed by atoms with Gasteiger partial charge < -0.3 is 56.1 Å². The van der Waals surface area contributed by atoms with Crippen LogP contribution in [0.5, 0.6) is 0 Å². The maximum atomic E-state index is 12.4. The molecule has 16 nitrogen and oxygen atoms in total. The molecule has 3 aliphatic rings. The second kappa shape index (κ2) is 22.9. The van der Waals surface area contributed by atoms with Crippen LogP contribution in [0.1, 0.15) is 44.9 Å². The molecule has 0 saturated carbocycles. The molecule has 0 aromatic carbocycles. The molecule has 1 amide bonds. The van der Waals surface area contributed by atoms with Crippen LogP contribution in [0.15, 0.2) is 0 Å². The Bertz CT molecular complexity index is 1360. The van der Waals surface area contributed by atoms with E-state index in [1.165, 1.54) is 21.3 Å². The highest BCUT2D eigenvalue weighted by atomic mass is 31.2. The summed E-state index contributed by atoms with van der Waals surface area (Å²) in [5, 5.41) is 20.7. The first-order valence-corrected chi connectivity index (χ1v) is 20.6. The predicted octanol–water partition coefficient (Wildman–Crippen LogP) is -0.168. The molecule has 3 rings (SSSR count). The quantitative estimate of drug-likeness (QED) is 0.0588. The number of hydrogen-bond donors (Lipinski definition) is 1. The molecule has 1 N–H and O–H groups in total. The van der Waals surface area contributed by atoms with Gasteiger partial charge in [-0.2, -0.15) is 10.5 Å². The molecule has 9 radical (unpaired) electrons. The number of nitrogens with one attached hydrogen (secondary N) is 1. The molecule has 5 unspecified atom stereocenters. The van der Waals surface area contributed by atoms with E-state index in [9.17, 15) is 9.59 Å². The molecular formula is C29H44B6N3O13P2. The highest BCUT2D eigenvalue weighted by molar-refractivity contribution is 7.60. The lowest BCUT2D eigenvalue weighted by atomic mass is 9.16. The molecule has 281 valence electrons. The molecule has 0 bridgehead atoms. The van der Waals surface area contributed by atoms with Crippen molar-refractivity contribution in [1.29, 1.82) is 10.5 Å². The fraction of sp³-hybridized carbons (Fsp3) is 0.793. The summed E-state index contributed by atoms with van der Waals surface area (Å²) in [6.45, 7) is -1.02. The highest BCUT2D eigenvalue weighted by Crippen LogP contribution is 2.55. The summed E-state index contributed by atoms with van der Waals surface area (Å²) in [5.41, 5.74) is 0. The van der Waals surface area contributed by atoms with E-state index >= 15 is 0 Å². The van der Waals surface area contributed by atoms with E-state index in [1.54, 1.807) is 0 Å². The molecule has 3 saturated heterocycles. The molecule has 24 heteroatoms. The van der Waals surface area contributed by atoms with E-state index in [4.69, 9.17) is 92.4 Å². The molecule has 3 heterocycles. The first-order valence-electron chi connectivity index (χ1n) is 17.1. The largest absolute Gasteiger partial charge is 0.459 e. The molecule has 53 heavy (non-hydrogen) atoms. The summed E-state index contributed by atoms with van der Waals surface area (Å²) in [6.07, 6.45) is 4.63. The lowest BCUT2D eigenvalue weighted by molar-refractivity contribution is -0.153. The molecule has 11 atom stereocenters. The van der Waals surface area contributed by atoms with E-state index in [0.717, 1.165) is 0 Å². The molecular weight excluding hydrogens is 725 g/mol. The Morgan fingerprint density at radius 3 is 1.96 bits per heavy atom. The van der Waals surface area contributed by atoms with Gasteiger partial charge in [-0.15, -0.1) is 0 Å². The van der Waals surface area contributed by atoms with Gasteiger partial charge in [0.05, 0.1) is 90.3 Å². The molecule has 3 fully saturated rings. The van der Waals surface area contributed by atoms with Crippen molar-refractivity contribution < 1.29 is 60.4 Å². The Morgan fingerprint density at radius 2 is 1.43 bits per heavy atom. The fourth-order valence-electron chi connectivity index (χ4n) is 5.58. The van der Waals surface area contributed by atoms with Crippen LogP contribution >= 0.6 is 15.1 Å². The number of rotatable bonds is 24. The molecule has 0 aromatic rings. The van der Waals surface area contributed by atoms with Crippen molar-refractivity contribution in [3.63, 3.8) is 0 Å². The van der Waals surface area contributed by atoms with Crippen molar-refractivity contribution in [3.05, 3.63) is 0 Å². The fourth-order valence-corrected chi connectivity index (χ4v) is 8.73. The molecule has 0 aromatic heterocycles. The number of carbonyl (C=O) groups is 2. The third kappa shape index (κ3) is 15.2. The van der Waals surface area contributed by atoms with Crippen molar-refractivity contribution >= 4 is 84.3 Å². The topological polar surface area (TPSA) is 195 Å². The third-order valence-electron chi connectivity index (χ3n) is 8.25. The van der Waals surface area contributed by atoms with Crippen molar-refractivity contribution in [2.24, 2.45) is 0 Å². The number of carbonyl (C=O) groups excluding carboxylic acids is 2. The van der Waals surface area contributed by atoms with Gasteiger partial charge in [-0.1, -0.05) is 0 Å². The number of ether oxygens (including phenoxy) is 5. The Hall–Kier alpha value is -1.49. The minimum absolute atomic E-state index is 0.0179. The van der Waals surface area contributed by atoms with Gasteiger partial charge in [-0.25, -0.2) is 0 Å². The Morgan fingerprint density at radius 1 is 0.868 bits per heavy atom. The minimum atomic E-state index is -3.49. The van der Waals surface area contributed by atoms with E-state index < -0.39 is 82.2 Å². The van der Waals surface area contributed by atoms with Crippen molar-refractivity contribution in [3.8, 4) is 12.1 Å². The van der Waals surface area contributed by atoms with Gasteiger partial charge in [0.1, 0.15) is 32.3 Å². The molecule has 0 aliphatic carbocycles. The average Bonchev–Trinajstić information content (AvgIpc) is 3.81. The predicted molar refractivity (Wildman–Crippen MR) is 202 cm³/mol. The average molecular weight is 769 g/mol. The molecule has 3 aliphatic heterocycles. The van der Waals surface area contributed by atoms with Gasteiger partial charge in [0.25, 0.3) is 15.1 Å². The lowest BCUT2D eigenvalue weighted by Gasteiger charge is -2.32. The van der Waals surface area contributed by atoms with Crippen LogP contribution in [0, 0.1) is 22.7 Å². The van der Waals surface area contributed by atoms with E-state index in [2.05, 4.69) is 17.9 Å². The number of methoxy groups -OCH3 is 1. The van der Waals surface area contributed by atoms with Crippen molar-refractivity contribution in [2.75, 3.05) is 47.2 Å². The zero-order valence-corrected chi connectivity index (χ0v) is 31.9. The normalized spacial score (nSPS) is 30.4. The summed E-state index contributed by atoms with van der Waals surface area (Å²) < 4.78 is 65.5. The van der Waals surface area contributed by atoms with E-state index in [-0.39, 0.29) is 77.5 Å². The lowest BCUT2D eigenvalue weighted by Crippen LogP contribution is -2.33.